The molecule has 130 valence electrons. The van der Waals surface area contributed by atoms with Crippen LogP contribution >= 0.6 is 0 Å². The monoisotopic (exact) mass is 349 g/mol. The van der Waals surface area contributed by atoms with Crippen LogP contribution in [0.25, 0.3) is 0 Å². The van der Waals surface area contributed by atoms with Crippen molar-refractivity contribution >= 4 is 21.4 Å². The lowest BCUT2D eigenvalue weighted by Gasteiger charge is -2.19. The van der Waals surface area contributed by atoms with Crippen molar-refractivity contribution in [3.8, 4) is 5.75 Å². The second kappa shape index (κ2) is 7.55. The van der Waals surface area contributed by atoms with E-state index < -0.39 is 10.0 Å². The number of benzene rings is 2. The van der Waals surface area contributed by atoms with E-state index in [-0.39, 0.29) is 4.90 Å². The molecule has 2 rings (SSSR count). The molecule has 0 saturated heterocycles. The Hall–Kier alpha value is -2.25. The molecule has 0 radical (unpaired) electrons. The topological polar surface area (TPSA) is 84.7 Å². The molecule has 2 aromatic rings. The lowest BCUT2D eigenvalue weighted by atomic mass is 10.2. The summed E-state index contributed by atoms with van der Waals surface area (Å²) in [5.74, 6) is 0.825. The van der Waals surface area contributed by atoms with Crippen molar-refractivity contribution in [1.82, 2.24) is 0 Å². The maximum Gasteiger partial charge on any atom is 0.238 e. The van der Waals surface area contributed by atoms with Gasteiger partial charge in [0.05, 0.1) is 22.9 Å². The van der Waals surface area contributed by atoms with Crippen LogP contribution in [0.3, 0.4) is 0 Å². The highest BCUT2D eigenvalue weighted by atomic mass is 32.2. The van der Waals surface area contributed by atoms with Gasteiger partial charge >= 0.3 is 0 Å². The largest absolute Gasteiger partial charge is 0.494 e. The SMILES string of the molecule is CCOc1ccc(CNc2cc(S(N)(=O)=O)ccc2N(C)C)cc1. The fourth-order valence-corrected chi connectivity index (χ4v) is 2.83. The molecule has 24 heavy (non-hydrogen) atoms. The van der Waals surface area contributed by atoms with Gasteiger partial charge in [0, 0.05) is 20.6 Å². The van der Waals surface area contributed by atoms with Gasteiger partial charge < -0.3 is 15.0 Å². The van der Waals surface area contributed by atoms with Gasteiger partial charge in [-0.3, -0.25) is 0 Å². The molecule has 0 atom stereocenters. The molecule has 0 amide bonds. The molecule has 0 fully saturated rings. The Morgan fingerprint density at radius 3 is 2.33 bits per heavy atom. The van der Waals surface area contributed by atoms with E-state index in [4.69, 9.17) is 9.88 Å². The number of nitrogens with two attached hydrogens (primary N) is 1. The Morgan fingerprint density at radius 1 is 1.12 bits per heavy atom. The van der Waals surface area contributed by atoms with Crippen LogP contribution < -0.4 is 20.1 Å². The van der Waals surface area contributed by atoms with Crippen molar-refractivity contribution in [3.63, 3.8) is 0 Å². The summed E-state index contributed by atoms with van der Waals surface area (Å²) in [6.45, 7) is 3.13. The highest BCUT2D eigenvalue weighted by molar-refractivity contribution is 7.89. The minimum Gasteiger partial charge on any atom is -0.494 e. The van der Waals surface area contributed by atoms with Crippen molar-refractivity contribution < 1.29 is 13.2 Å². The Kier molecular flexibility index (Phi) is 5.69. The number of hydrogen-bond acceptors (Lipinski definition) is 5. The zero-order chi connectivity index (χ0) is 17.7. The van der Waals surface area contributed by atoms with Gasteiger partial charge in [-0.1, -0.05) is 12.1 Å². The first-order valence-corrected chi connectivity index (χ1v) is 9.15. The summed E-state index contributed by atoms with van der Waals surface area (Å²) in [7, 11) is 0.0560. The molecule has 0 aliphatic carbocycles. The van der Waals surface area contributed by atoms with Gasteiger partial charge in [-0.05, 0) is 42.8 Å². The van der Waals surface area contributed by atoms with Crippen molar-refractivity contribution in [1.29, 1.82) is 0 Å². The number of primary sulfonamides is 1. The molecule has 2 aromatic carbocycles. The van der Waals surface area contributed by atoms with E-state index in [0.29, 0.717) is 18.8 Å². The standard InChI is InChI=1S/C17H23N3O3S/c1-4-23-14-7-5-13(6-8-14)12-19-16-11-15(24(18,21)22)9-10-17(16)20(2)3/h5-11,19H,4,12H2,1-3H3,(H2,18,21,22). The van der Waals surface area contributed by atoms with Gasteiger partial charge in [0.25, 0.3) is 0 Å². The number of ether oxygens (including phenoxy) is 1. The second-order valence-corrected chi connectivity index (χ2v) is 7.11. The average Bonchev–Trinajstić information content (AvgIpc) is 2.53. The fourth-order valence-electron chi connectivity index (χ4n) is 2.29. The van der Waals surface area contributed by atoms with Crippen LogP contribution in [0.2, 0.25) is 0 Å². The van der Waals surface area contributed by atoms with E-state index in [1.165, 1.54) is 6.07 Å². The van der Waals surface area contributed by atoms with Gasteiger partial charge in [0.1, 0.15) is 5.75 Å². The summed E-state index contributed by atoms with van der Waals surface area (Å²) in [6, 6.07) is 12.6. The number of anilines is 2. The third kappa shape index (κ3) is 4.62. The van der Waals surface area contributed by atoms with E-state index in [1.807, 2.05) is 50.2 Å². The van der Waals surface area contributed by atoms with Gasteiger partial charge in [0.2, 0.25) is 10.0 Å². The number of rotatable bonds is 7. The maximum absolute atomic E-state index is 11.6. The van der Waals surface area contributed by atoms with Crippen LogP contribution in [0.5, 0.6) is 5.75 Å². The Morgan fingerprint density at radius 2 is 1.79 bits per heavy atom. The summed E-state index contributed by atoms with van der Waals surface area (Å²) in [6.07, 6.45) is 0. The summed E-state index contributed by atoms with van der Waals surface area (Å²) in [5.41, 5.74) is 2.65. The highest BCUT2D eigenvalue weighted by Gasteiger charge is 2.12. The molecular formula is C17H23N3O3S. The molecule has 0 saturated carbocycles. The minimum absolute atomic E-state index is 0.0855. The van der Waals surface area contributed by atoms with Crippen LogP contribution in [0.1, 0.15) is 12.5 Å². The minimum atomic E-state index is -3.74. The molecule has 6 nitrogen and oxygen atoms in total. The smallest absolute Gasteiger partial charge is 0.238 e. The van der Waals surface area contributed by atoms with Gasteiger partial charge in [-0.25, -0.2) is 13.6 Å². The zero-order valence-electron chi connectivity index (χ0n) is 14.1. The van der Waals surface area contributed by atoms with Crippen molar-refractivity contribution in [3.05, 3.63) is 48.0 Å². The lowest BCUT2D eigenvalue weighted by molar-refractivity contribution is 0.340. The summed E-state index contributed by atoms with van der Waals surface area (Å²) >= 11 is 0. The van der Waals surface area contributed by atoms with E-state index in [1.54, 1.807) is 12.1 Å². The Balaban J connectivity index is 2.21. The number of nitrogens with one attached hydrogen (secondary N) is 1. The quantitative estimate of drug-likeness (QED) is 0.802. The van der Waals surface area contributed by atoms with Crippen LogP contribution in [0, 0.1) is 0 Å². The van der Waals surface area contributed by atoms with Crippen LogP contribution in [-0.2, 0) is 16.6 Å². The van der Waals surface area contributed by atoms with Crippen LogP contribution in [-0.4, -0.2) is 29.1 Å². The first kappa shape index (κ1) is 18.1. The molecule has 0 heterocycles. The lowest BCUT2D eigenvalue weighted by Crippen LogP contribution is -2.15. The summed E-state index contributed by atoms with van der Waals surface area (Å²) < 4.78 is 28.5. The molecule has 0 spiro atoms. The number of sulfonamides is 1. The molecular weight excluding hydrogens is 326 g/mol. The zero-order valence-corrected chi connectivity index (χ0v) is 14.9. The summed E-state index contributed by atoms with van der Waals surface area (Å²) in [5, 5.41) is 8.49. The number of hydrogen-bond donors (Lipinski definition) is 2. The van der Waals surface area contributed by atoms with E-state index in [0.717, 1.165) is 17.0 Å². The maximum atomic E-state index is 11.6. The molecule has 0 bridgehead atoms. The highest BCUT2D eigenvalue weighted by Crippen LogP contribution is 2.27. The molecule has 0 aliphatic heterocycles. The third-order valence-electron chi connectivity index (χ3n) is 3.50. The van der Waals surface area contributed by atoms with Crippen molar-refractivity contribution in [2.75, 3.05) is 30.9 Å². The first-order chi connectivity index (χ1) is 11.3. The molecule has 7 heteroatoms. The van der Waals surface area contributed by atoms with Gasteiger partial charge in [0.15, 0.2) is 0 Å². The molecule has 0 aliphatic rings. The summed E-state index contributed by atoms with van der Waals surface area (Å²) in [4.78, 5) is 2.00. The van der Waals surface area contributed by atoms with Crippen molar-refractivity contribution in [2.45, 2.75) is 18.4 Å². The fraction of sp³-hybridized carbons (Fsp3) is 0.294. The Bertz CT molecular complexity index is 787. The molecule has 0 unspecified atom stereocenters. The average molecular weight is 349 g/mol. The number of nitrogens with zero attached hydrogens (tertiary/aromatic N) is 1. The predicted molar refractivity (Wildman–Crippen MR) is 97.1 cm³/mol. The van der Waals surface area contributed by atoms with E-state index in [9.17, 15) is 8.42 Å². The molecule has 0 aromatic heterocycles. The van der Waals surface area contributed by atoms with E-state index in [2.05, 4.69) is 5.32 Å². The Labute approximate surface area is 143 Å². The van der Waals surface area contributed by atoms with Crippen molar-refractivity contribution in [2.24, 2.45) is 5.14 Å². The normalized spacial score (nSPS) is 11.2. The van der Waals surface area contributed by atoms with Gasteiger partial charge in [-0.15, -0.1) is 0 Å². The van der Waals surface area contributed by atoms with Crippen LogP contribution in [0.4, 0.5) is 11.4 Å². The first-order valence-electron chi connectivity index (χ1n) is 7.61. The molecule has 3 N–H and O–H groups in total. The van der Waals surface area contributed by atoms with Crippen LogP contribution in [0.15, 0.2) is 47.4 Å². The van der Waals surface area contributed by atoms with E-state index >= 15 is 0 Å². The van der Waals surface area contributed by atoms with Gasteiger partial charge in [-0.2, -0.15) is 0 Å². The third-order valence-corrected chi connectivity index (χ3v) is 4.41. The predicted octanol–water partition coefficient (Wildman–Crippen LogP) is 2.41. The second-order valence-electron chi connectivity index (χ2n) is 5.55.